The fraction of sp³-hybridized carbons (Fsp3) is 0.0345. The summed E-state index contributed by atoms with van der Waals surface area (Å²) >= 11 is 0. The molecule has 0 aliphatic carbocycles. The average molecular weight is 835 g/mol. The monoisotopic (exact) mass is 834 g/mol. The van der Waals surface area contributed by atoms with Crippen LogP contribution in [0.4, 0.5) is 34.1 Å². The Kier molecular flexibility index (Phi) is 13.4. The number of hydrogen-bond donors (Lipinski definition) is 0. The first-order valence-corrected chi connectivity index (χ1v) is 21.0. The molecule has 0 fully saturated rings. The SMILES string of the molecule is C=CC(=O)Oc1ccc(N(c2ccccc2)c2ccc(Cc3cccc(C=Cc4cccc(Cc5ccc(N(c6ccccc6)c6ccc(OC(=O)C=C)cc6)cc5)c4)c3)cc2)cc1. The minimum Gasteiger partial charge on any atom is -0.423 e. The molecular formula is C58H46N2O4. The molecule has 0 atom stereocenters. The minimum atomic E-state index is -0.490. The van der Waals surface area contributed by atoms with Crippen LogP contribution in [-0.2, 0) is 22.4 Å². The molecule has 0 aliphatic rings. The number of ether oxygens (including phenoxy) is 2. The van der Waals surface area contributed by atoms with E-state index in [1.165, 1.54) is 22.3 Å². The Labute approximate surface area is 374 Å². The quantitative estimate of drug-likeness (QED) is 0.0418. The average Bonchev–Trinajstić information content (AvgIpc) is 3.34. The maximum absolute atomic E-state index is 11.7. The van der Waals surface area contributed by atoms with Gasteiger partial charge in [-0.05, 0) is 143 Å². The Morgan fingerprint density at radius 1 is 0.375 bits per heavy atom. The zero-order valence-corrected chi connectivity index (χ0v) is 35.3. The van der Waals surface area contributed by atoms with Gasteiger partial charge in [0.15, 0.2) is 0 Å². The van der Waals surface area contributed by atoms with Crippen LogP contribution in [0.25, 0.3) is 12.2 Å². The van der Waals surface area contributed by atoms with Crippen molar-refractivity contribution in [1.82, 2.24) is 0 Å². The van der Waals surface area contributed by atoms with Gasteiger partial charge in [-0.1, -0.05) is 135 Å². The van der Waals surface area contributed by atoms with Gasteiger partial charge in [-0.3, -0.25) is 0 Å². The molecule has 0 saturated carbocycles. The first-order chi connectivity index (χ1) is 31.4. The normalized spacial score (nSPS) is 10.8. The van der Waals surface area contributed by atoms with E-state index in [0.717, 1.165) is 70.2 Å². The molecule has 8 aromatic carbocycles. The molecule has 0 amide bonds. The van der Waals surface area contributed by atoms with E-state index in [4.69, 9.17) is 9.47 Å². The van der Waals surface area contributed by atoms with E-state index in [0.29, 0.717) is 11.5 Å². The molecule has 0 saturated heterocycles. The number of carbonyl (C=O) groups is 2. The molecule has 0 spiro atoms. The highest BCUT2D eigenvalue weighted by atomic mass is 16.5. The van der Waals surface area contributed by atoms with Crippen molar-refractivity contribution in [2.45, 2.75) is 12.8 Å². The van der Waals surface area contributed by atoms with Crippen molar-refractivity contribution >= 4 is 58.2 Å². The smallest absolute Gasteiger partial charge is 0.335 e. The van der Waals surface area contributed by atoms with Gasteiger partial charge in [0.05, 0.1) is 0 Å². The summed E-state index contributed by atoms with van der Waals surface area (Å²) in [5.74, 6) is -0.0513. The Bertz CT molecular complexity index is 2670. The van der Waals surface area contributed by atoms with Crippen LogP contribution in [0.2, 0.25) is 0 Å². The van der Waals surface area contributed by atoms with E-state index < -0.39 is 11.9 Å². The third kappa shape index (κ3) is 10.9. The largest absolute Gasteiger partial charge is 0.423 e. The van der Waals surface area contributed by atoms with Crippen molar-refractivity contribution in [3.8, 4) is 11.5 Å². The van der Waals surface area contributed by atoms with Crippen molar-refractivity contribution in [2.75, 3.05) is 9.80 Å². The van der Waals surface area contributed by atoms with E-state index in [1.807, 2.05) is 60.7 Å². The molecule has 0 bridgehead atoms. The van der Waals surface area contributed by atoms with Gasteiger partial charge < -0.3 is 19.3 Å². The number of rotatable bonds is 16. The van der Waals surface area contributed by atoms with Gasteiger partial charge in [0, 0.05) is 46.3 Å². The number of benzene rings is 8. The predicted octanol–water partition coefficient (Wildman–Crippen LogP) is 14.2. The predicted molar refractivity (Wildman–Crippen MR) is 261 cm³/mol. The second kappa shape index (κ2) is 20.4. The van der Waals surface area contributed by atoms with Crippen LogP contribution in [-0.4, -0.2) is 11.9 Å². The lowest BCUT2D eigenvalue weighted by Crippen LogP contribution is -2.10. The number of anilines is 6. The molecule has 64 heavy (non-hydrogen) atoms. The minimum absolute atomic E-state index is 0.464. The Morgan fingerprint density at radius 3 is 1.05 bits per heavy atom. The Balaban J connectivity index is 0.923. The molecule has 0 unspecified atom stereocenters. The van der Waals surface area contributed by atoms with Crippen LogP contribution in [0.3, 0.4) is 0 Å². The summed E-state index contributed by atoms with van der Waals surface area (Å²) < 4.78 is 10.6. The van der Waals surface area contributed by atoms with Gasteiger partial charge in [0.25, 0.3) is 0 Å². The fourth-order valence-electron chi connectivity index (χ4n) is 7.49. The molecule has 6 heteroatoms. The lowest BCUT2D eigenvalue weighted by atomic mass is 10.0. The molecule has 8 aromatic rings. The summed E-state index contributed by atoms with van der Waals surface area (Å²) in [5.41, 5.74) is 13.1. The first-order valence-electron chi connectivity index (χ1n) is 21.0. The number of para-hydroxylation sites is 2. The van der Waals surface area contributed by atoms with Crippen LogP contribution < -0.4 is 19.3 Å². The summed E-state index contributed by atoms with van der Waals surface area (Å²) in [6.45, 7) is 6.96. The van der Waals surface area contributed by atoms with E-state index >= 15 is 0 Å². The molecule has 8 rings (SSSR count). The van der Waals surface area contributed by atoms with Gasteiger partial charge in [-0.15, -0.1) is 0 Å². The van der Waals surface area contributed by atoms with Crippen molar-refractivity contribution in [3.63, 3.8) is 0 Å². The molecule has 0 aliphatic heterocycles. The maximum Gasteiger partial charge on any atom is 0.335 e. The lowest BCUT2D eigenvalue weighted by molar-refractivity contribution is -0.129. The second-order valence-electron chi connectivity index (χ2n) is 15.1. The zero-order valence-electron chi connectivity index (χ0n) is 35.3. The van der Waals surface area contributed by atoms with E-state index in [-0.39, 0.29) is 0 Å². The lowest BCUT2D eigenvalue weighted by Gasteiger charge is -2.25. The van der Waals surface area contributed by atoms with Gasteiger partial charge in [-0.25, -0.2) is 9.59 Å². The van der Waals surface area contributed by atoms with Gasteiger partial charge >= 0.3 is 11.9 Å². The van der Waals surface area contributed by atoms with Crippen LogP contribution in [0.15, 0.2) is 232 Å². The molecule has 0 N–H and O–H groups in total. The number of hydrogen-bond acceptors (Lipinski definition) is 6. The summed E-state index contributed by atoms with van der Waals surface area (Å²) in [5, 5.41) is 0. The fourth-order valence-corrected chi connectivity index (χ4v) is 7.49. The highest BCUT2D eigenvalue weighted by Crippen LogP contribution is 2.37. The van der Waals surface area contributed by atoms with Crippen molar-refractivity contribution in [1.29, 1.82) is 0 Å². The number of carbonyl (C=O) groups excluding carboxylic acids is 2. The molecule has 0 aromatic heterocycles. The van der Waals surface area contributed by atoms with Crippen LogP contribution >= 0.6 is 0 Å². The molecule has 0 radical (unpaired) electrons. The van der Waals surface area contributed by atoms with Crippen LogP contribution in [0, 0.1) is 0 Å². The molecule has 0 heterocycles. The summed E-state index contributed by atoms with van der Waals surface area (Å²) in [6.07, 6.45) is 8.26. The molecular weight excluding hydrogens is 789 g/mol. The number of nitrogens with zero attached hydrogens (tertiary/aromatic N) is 2. The molecule has 312 valence electrons. The third-order valence-corrected chi connectivity index (χ3v) is 10.6. The van der Waals surface area contributed by atoms with Crippen molar-refractivity contribution < 1.29 is 19.1 Å². The first kappa shape index (κ1) is 42.2. The second-order valence-corrected chi connectivity index (χ2v) is 15.1. The number of esters is 2. The standard InChI is InChI=1S/C58H46N2O4/c1-3-57(61)63-55-35-31-53(32-36-55)59(49-17-7-5-8-18-49)51-27-23-45(24-28-51)41-47-15-11-13-43(39-47)21-22-44-14-12-16-48(40-44)42-46-25-29-52(30-26-46)60(50-19-9-6-10-20-50)54-33-37-56(38-34-54)64-58(62)4-2/h3-40H,1-2,41-42H2. The van der Waals surface area contributed by atoms with Crippen LogP contribution in [0.1, 0.15) is 33.4 Å². The third-order valence-electron chi connectivity index (χ3n) is 10.6. The van der Waals surface area contributed by atoms with Gasteiger partial charge in [0.1, 0.15) is 11.5 Å². The highest BCUT2D eigenvalue weighted by molar-refractivity contribution is 5.84. The zero-order chi connectivity index (χ0) is 44.1. The van der Waals surface area contributed by atoms with Crippen molar-refractivity contribution in [2.24, 2.45) is 0 Å². The topological polar surface area (TPSA) is 59.1 Å². The van der Waals surface area contributed by atoms with Gasteiger partial charge in [0.2, 0.25) is 0 Å². The summed E-state index contributed by atoms with van der Waals surface area (Å²) in [4.78, 5) is 27.8. The maximum atomic E-state index is 11.7. The Hall–Kier alpha value is -8.48. The molecule has 6 nitrogen and oxygen atoms in total. The van der Waals surface area contributed by atoms with Crippen LogP contribution in [0.5, 0.6) is 11.5 Å². The van der Waals surface area contributed by atoms with E-state index in [2.05, 4.69) is 156 Å². The van der Waals surface area contributed by atoms with E-state index in [9.17, 15) is 9.59 Å². The highest BCUT2D eigenvalue weighted by Gasteiger charge is 2.15. The van der Waals surface area contributed by atoms with Crippen molar-refractivity contribution in [3.05, 3.63) is 265 Å². The summed E-state index contributed by atoms with van der Waals surface area (Å²) in [6, 6.07) is 70.0. The Morgan fingerprint density at radius 2 is 0.703 bits per heavy atom. The van der Waals surface area contributed by atoms with Gasteiger partial charge in [-0.2, -0.15) is 0 Å². The van der Waals surface area contributed by atoms with E-state index in [1.54, 1.807) is 24.3 Å². The summed E-state index contributed by atoms with van der Waals surface area (Å²) in [7, 11) is 0.